The van der Waals surface area contributed by atoms with E-state index in [-0.39, 0.29) is 17.5 Å². The van der Waals surface area contributed by atoms with Gasteiger partial charge < -0.3 is 4.74 Å². The maximum atomic E-state index is 12.7. The van der Waals surface area contributed by atoms with Gasteiger partial charge in [-0.1, -0.05) is 18.2 Å². The molecule has 3 rings (SSSR count). The number of anilines is 3. The molecule has 0 aliphatic heterocycles. The van der Waals surface area contributed by atoms with Gasteiger partial charge in [-0.05, 0) is 63.2 Å². The maximum absolute atomic E-state index is 12.7. The van der Waals surface area contributed by atoms with E-state index in [4.69, 9.17) is 4.74 Å². The summed E-state index contributed by atoms with van der Waals surface area (Å²) >= 11 is 0. The Morgan fingerprint density at radius 3 is 2.19 bits per heavy atom. The van der Waals surface area contributed by atoms with Crippen LogP contribution in [0.5, 0.6) is 0 Å². The Kier molecular flexibility index (Phi) is 8.52. The number of hydrogen-bond acceptors (Lipinski definition) is 10. The molecular weight excluding hydrogens is 486 g/mol. The number of sulfonamides is 1. The SMILES string of the molecule is CCOC(=O)/C(=N\Nc1ccc(S(=O)(=O)Nc2nc(C)cc(C)n2)cc1)C(=O)NNc1ccccc1. The Labute approximate surface area is 208 Å². The molecule has 0 spiro atoms. The van der Waals surface area contributed by atoms with Crippen LogP contribution in [0.1, 0.15) is 18.3 Å². The molecule has 13 heteroatoms. The molecule has 188 valence electrons. The van der Waals surface area contributed by atoms with E-state index < -0.39 is 27.6 Å². The summed E-state index contributed by atoms with van der Waals surface area (Å²) in [6.07, 6.45) is 0. The molecule has 2 aromatic carbocycles. The molecule has 0 radical (unpaired) electrons. The third-order valence-electron chi connectivity index (χ3n) is 4.45. The van der Waals surface area contributed by atoms with E-state index in [0.29, 0.717) is 22.8 Å². The molecule has 1 heterocycles. The number of aryl methyl sites for hydroxylation is 2. The Morgan fingerprint density at radius 1 is 0.944 bits per heavy atom. The van der Waals surface area contributed by atoms with E-state index in [1.54, 1.807) is 51.1 Å². The number of carbonyl (C=O) groups is 2. The number of nitrogens with zero attached hydrogens (tertiary/aromatic N) is 3. The molecule has 4 N–H and O–H groups in total. The standard InChI is InChI=1S/C23H25N7O5S/c1-4-35-22(32)20(21(31)29-27-17-8-6-5-7-9-17)28-26-18-10-12-19(13-11-18)36(33,34)30-23-24-15(2)14-16(3)25-23/h5-14,26-27H,4H2,1-3H3,(H,29,31)(H,24,25,30)/b28-20-. The van der Waals surface area contributed by atoms with Crippen molar-refractivity contribution in [2.45, 2.75) is 25.7 Å². The molecule has 0 aliphatic carbocycles. The fourth-order valence-corrected chi connectivity index (χ4v) is 3.82. The number of amides is 1. The van der Waals surface area contributed by atoms with Crippen molar-refractivity contribution in [3.63, 3.8) is 0 Å². The van der Waals surface area contributed by atoms with Crippen LogP contribution in [-0.4, -0.2) is 42.6 Å². The predicted molar refractivity (Wildman–Crippen MR) is 135 cm³/mol. The molecule has 0 atom stereocenters. The summed E-state index contributed by atoms with van der Waals surface area (Å²) in [5.74, 6) is -1.80. The second-order valence-corrected chi connectivity index (χ2v) is 9.02. The Morgan fingerprint density at radius 2 is 1.58 bits per heavy atom. The number of aromatic nitrogens is 2. The van der Waals surface area contributed by atoms with Crippen molar-refractivity contribution in [2.24, 2.45) is 5.10 Å². The molecule has 1 amide bonds. The quantitative estimate of drug-likeness (QED) is 0.138. The number of carbonyl (C=O) groups excluding carboxylic acids is 2. The van der Waals surface area contributed by atoms with Gasteiger partial charge in [0.05, 0.1) is 22.9 Å². The molecular formula is C23H25N7O5S. The zero-order valence-electron chi connectivity index (χ0n) is 19.8. The summed E-state index contributed by atoms with van der Waals surface area (Å²) in [6.45, 7) is 5.10. The summed E-state index contributed by atoms with van der Waals surface area (Å²) in [5.41, 5.74) is 9.24. The minimum absolute atomic E-state index is 0.0338. The molecule has 0 saturated heterocycles. The van der Waals surface area contributed by atoms with Crippen molar-refractivity contribution in [1.29, 1.82) is 0 Å². The molecule has 0 saturated carbocycles. The first-order valence-corrected chi connectivity index (χ1v) is 12.2. The van der Waals surface area contributed by atoms with E-state index in [0.717, 1.165) is 0 Å². The van der Waals surface area contributed by atoms with Crippen molar-refractivity contribution >= 4 is 44.9 Å². The van der Waals surface area contributed by atoms with Crippen molar-refractivity contribution < 1.29 is 22.7 Å². The third-order valence-corrected chi connectivity index (χ3v) is 5.79. The van der Waals surface area contributed by atoms with Crippen molar-refractivity contribution in [2.75, 3.05) is 22.2 Å². The average Bonchev–Trinajstić information content (AvgIpc) is 2.83. The number of benzene rings is 2. The van der Waals surface area contributed by atoms with Crippen molar-refractivity contribution in [1.82, 2.24) is 15.4 Å². The number of esters is 1. The Bertz CT molecular complexity index is 1340. The first-order valence-electron chi connectivity index (χ1n) is 10.8. The van der Waals surface area contributed by atoms with Crippen LogP contribution in [0.4, 0.5) is 17.3 Å². The number of para-hydroxylation sites is 1. The summed E-state index contributed by atoms with van der Waals surface area (Å²) in [7, 11) is -3.95. The molecule has 3 aromatic rings. The van der Waals surface area contributed by atoms with Gasteiger partial charge in [0.15, 0.2) is 0 Å². The third kappa shape index (κ3) is 7.24. The minimum Gasteiger partial charge on any atom is -0.461 e. The van der Waals surface area contributed by atoms with E-state index in [1.165, 1.54) is 24.3 Å². The fourth-order valence-electron chi connectivity index (χ4n) is 2.88. The van der Waals surface area contributed by atoms with Gasteiger partial charge in [0, 0.05) is 11.4 Å². The number of ether oxygens (including phenoxy) is 1. The van der Waals surface area contributed by atoms with E-state index in [1.807, 2.05) is 6.07 Å². The minimum atomic E-state index is -3.95. The largest absolute Gasteiger partial charge is 0.461 e. The highest BCUT2D eigenvalue weighted by atomic mass is 32.2. The van der Waals surface area contributed by atoms with Crippen LogP contribution in [-0.2, 0) is 24.3 Å². The molecule has 0 aliphatic rings. The second-order valence-electron chi connectivity index (χ2n) is 7.34. The molecule has 0 bridgehead atoms. The predicted octanol–water partition coefficient (Wildman–Crippen LogP) is 2.37. The van der Waals surface area contributed by atoms with Crippen LogP contribution in [0.25, 0.3) is 0 Å². The molecule has 0 unspecified atom stereocenters. The first-order chi connectivity index (χ1) is 17.2. The van der Waals surface area contributed by atoms with Crippen molar-refractivity contribution in [3.05, 3.63) is 72.1 Å². The fraction of sp³-hybridized carbons (Fsp3) is 0.174. The van der Waals surface area contributed by atoms with Gasteiger partial charge in [-0.2, -0.15) is 5.10 Å². The Hall–Kier alpha value is -4.52. The normalized spacial score (nSPS) is 11.4. The highest BCUT2D eigenvalue weighted by Gasteiger charge is 2.22. The molecule has 0 fully saturated rings. The van der Waals surface area contributed by atoms with Crippen molar-refractivity contribution in [3.8, 4) is 0 Å². The molecule has 1 aromatic heterocycles. The lowest BCUT2D eigenvalue weighted by molar-refractivity contribution is -0.135. The monoisotopic (exact) mass is 511 g/mol. The lowest BCUT2D eigenvalue weighted by Crippen LogP contribution is -2.40. The highest BCUT2D eigenvalue weighted by Crippen LogP contribution is 2.17. The lowest BCUT2D eigenvalue weighted by atomic mass is 10.3. The number of hydrazone groups is 1. The van der Waals surface area contributed by atoms with E-state index >= 15 is 0 Å². The van der Waals surface area contributed by atoms with Gasteiger partial charge in [-0.25, -0.2) is 27.9 Å². The number of hydrogen-bond donors (Lipinski definition) is 4. The number of rotatable bonds is 10. The van der Waals surface area contributed by atoms with Gasteiger partial charge in [0.25, 0.3) is 15.9 Å². The zero-order valence-corrected chi connectivity index (χ0v) is 20.6. The molecule has 12 nitrogen and oxygen atoms in total. The van der Waals surface area contributed by atoms with Crippen LogP contribution in [0.3, 0.4) is 0 Å². The maximum Gasteiger partial charge on any atom is 0.364 e. The number of nitrogens with one attached hydrogen (secondary N) is 4. The zero-order chi connectivity index (χ0) is 26.1. The second kappa shape index (κ2) is 11.8. The summed E-state index contributed by atoms with van der Waals surface area (Å²) in [4.78, 5) is 32.9. The van der Waals surface area contributed by atoms with Gasteiger partial charge in [0.1, 0.15) is 0 Å². The summed E-state index contributed by atoms with van der Waals surface area (Å²) in [5, 5.41) is 3.86. The Balaban J connectivity index is 1.72. The summed E-state index contributed by atoms with van der Waals surface area (Å²) in [6, 6.07) is 16.0. The number of hydrazine groups is 1. The lowest BCUT2D eigenvalue weighted by Gasteiger charge is -2.11. The van der Waals surface area contributed by atoms with Gasteiger partial charge in [0.2, 0.25) is 11.7 Å². The average molecular weight is 512 g/mol. The van der Waals surface area contributed by atoms with E-state index in [9.17, 15) is 18.0 Å². The molecule has 36 heavy (non-hydrogen) atoms. The van der Waals surface area contributed by atoms with Gasteiger partial charge >= 0.3 is 5.97 Å². The van der Waals surface area contributed by atoms with Crippen LogP contribution in [0.15, 0.2) is 70.7 Å². The van der Waals surface area contributed by atoms with Crippen LogP contribution < -0.4 is 21.0 Å². The highest BCUT2D eigenvalue weighted by molar-refractivity contribution is 7.92. The topological polar surface area (TPSA) is 164 Å². The van der Waals surface area contributed by atoms with Crippen LogP contribution in [0.2, 0.25) is 0 Å². The smallest absolute Gasteiger partial charge is 0.364 e. The first kappa shape index (κ1) is 26.1. The van der Waals surface area contributed by atoms with E-state index in [2.05, 4.69) is 36.1 Å². The van der Waals surface area contributed by atoms with Crippen LogP contribution in [0, 0.1) is 13.8 Å². The van der Waals surface area contributed by atoms with Gasteiger partial charge in [-0.3, -0.25) is 21.1 Å². The van der Waals surface area contributed by atoms with Gasteiger partial charge in [-0.15, -0.1) is 0 Å². The summed E-state index contributed by atoms with van der Waals surface area (Å²) < 4.78 is 32.6. The van der Waals surface area contributed by atoms with Crippen LogP contribution >= 0.6 is 0 Å².